The van der Waals surface area contributed by atoms with Crippen LogP contribution in [0.25, 0.3) is 22.3 Å². The summed E-state index contributed by atoms with van der Waals surface area (Å²) in [6.45, 7) is 1.42. The number of nitrogens with one attached hydrogen (secondary N) is 1. The maximum Gasteiger partial charge on any atom is 0.277 e. The summed E-state index contributed by atoms with van der Waals surface area (Å²) >= 11 is 0. The predicted molar refractivity (Wildman–Crippen MR) is 93.3 cm³/mol. The number of carbonyl (C=O) groups is 1. The van der Waals surface area contributed by atoms with Gasteiger partial charge in [-0.1, -0.05) is 12.1 Å². The number of benzene rings is 2. The lowest BCUT2D eigenvalue weighted by atomic mass is 10.1. The number of hydrogen-bond donors (Lipinski definition) is 1. The molecule has 0 unspecified atom stereocenters. The second-order valence-electron chi connectivity index (χ2n) is 5.41. The monoisotopic (exact) mass is 323 g/mol. The van der Waals surface area contributed by atoms with Gasteiger partial charge >= 0.3 is 0 Å². The lowest BCUT2D eigenvalue weighted by Gasteiger charge is -2.13. The summed E-state index contributed by atoms with van der Waals surface area (Å²) in [6, 6.07) is 12.5. The number of nitrogens with zero attached hydrogens (tertiary/aromatic N) is 2. The number of rotatable bonds is 3. The number of fused-ring (bicyclic) bond motifs is 1. The van der Waals surface area contributed by atoms with Gasteiger partial charge in [-0.25, -0.2) is 4.98 Å². The van der Waals surface area contributed by atoms with Gasteiger partial charge in [0.15, 0.2) is 0 Å². The number of methoxy groups -OCH3 is 1. The van der Waals surface area contributed by atoms with Crippen molar-refractivity contribution < 1.29 is 9.53 Å². The van der Waals surface area contributed by atoms with Crippen molar-refractivity contribution in [2.24, 2.45) is 7.05 Å². The zero-order valence-electron chi connectivity index (χ0n) is 13.7. The highest BCUT2D eigenvalue weighted by molar-refractivity contribution is 5.94. The zero-order chi connectivity index (χ0) is 17.3. The van der Waals surface area contributed by atoms with Crippen LogP contribution < -0.4 is 15.6 Å². The molecule has 0 saturated carbocycles. The predicted octanol–water partition coefficient (Wildman–Crippen LogP) is 2.57. The van der Waals surface area contributed by atoms with Crippen molar-refractivity contribution in [1.82, 2.24) is 9.55 Å². The van der Waals surface area contributed by atoms with Crippen molar-refractivity contribution in [3.8, 4) is 17.0 Å². The van der Waals surface area contributed by atoms with E-state index in [0.29, 0.717) is 22.5 Å². The lowest BCUT2D eigenvalue weighted by Crippen LogP contribution is -2.21. The average molecular weight is 323 g/mol. The van der Waals surface area contributed by atoms with Gasteiger partial charge < -0.3 is 14.6 Å². The van der Waals surface area contributed by atoms with Crippen LogP contribution in [0.2, 0.25) is 0 Å². The number of ether oxygens (including phenoxy) is 1. The molecule has 1 N–H and O–H groups in total. The van der Waals surface area contributed by atoms with Gasteiger partial charge in [0.05, 0.1) is 23.8 Å². The molecule has 24 heavy (non-hydrogen) atoms. The van der Waals surface area contributed by atoms with Crippen LogP contribution in [0, 0.1) is 0 Å². The number of anilines is 1. The van der Waals surface area contributed by atoms with Crippen molar-refractivity contribution in [1.29, 1.82) is 0 Å². The molecule has 0 radical (unpaired) electrons. The highest BCUT2D eigenvalue weighted by atomic mass is 16.5. The van der Waals surface area contributed by atoms with Crippen LogP contribution in [-0.2, 0) is 11.8 Å². The van der Waals surface area contributed by atoms with E-state index in [9.17, 15) is 9.59 Å². The Balaban J connectivity index is 2.32. The Labute approximate surface area is 138 Å². The van der Waals surface area contributed by atoms with Crippen LogP contribution in [-0.4, -0.2) is 22.6 Å². The SMILES string of the molecule is COc1ccc(NC(C)=O)c(-c2nc3ccccc3n(C)c2=O)c1. The van der Waals surface area contributed by atoms with Crippen molar-refractivity contribution >= 4 is 22.6 Å². The van der Waals surface area contributed by atoms with Crippen LogP contribution >= 0.6 is 0 Å². The maximum absolute atomic E-state index is 12.8. The van der Waals surface area contributed by atoms with E-state index >= 15 is 0 Å². The van der Waals surface area contributed by atoms with E-state index in [1.807, 2.05) is 24.3 Å². The van der Waals surface area contributed by atoms with Gasteiger partial charge in [0, 0.05) is 19.5 Å². The molecule has 0 aliphatic rings. The molecular formula is C18H17N3O3. The molecule has 0 aliphatic heterocycles. The third-order valence-electron chi connectivity index (χ3n) is 3.78. The Morgan fingerprint density at radius 3 is 2.67 bits per heavy atom. The van der Waals surface area contributed by atoms with Gasteiger partial charge in [-0.2, -0.15) is 0 Å². The van der Waals surface area contributed by atoms with Crippen molar-refractivity contribution in [3.63, 3.8) is 0 Å². The standard InChI is InChI=1S/C18H17N3O3/c1-11(22)19-14-9-8-12(24-3)10-13(14)17-18(23)21(2)16-7-5-4-6-15(16)20-17/h4-10H,1-3H3,(H,19,22). The van der Waals surface area contributed by atoms with E-state index in [1.165, 1.54) is 6.92 Å². The van der Waals surface area contributed by atoms with E-state index < -0.39 is 0 Å². The number of aryl methyl sites for hydroxylation is 1. The topological polar surface area (TPSA) is 73.2 Å². The molecule has 122 valence electrons. The molecule has 0 bridgehead atoms. The number of amides is 1. The molecule has 0 fully saturated rings. The molecule has 3 rings (SSSR count). The van der Waals surface area contributed by atoms with Gasteiger partial charge in [0.25, 0.3) is 5.56 Å². The molecule has 3 aromatic rings. The van der Waals surface area contributed by atoms with Crippen LogP contribution in [0.3, 0.4) is 0 Å². The van der Waals surface area contributed by atoms with E-state index in [4.69, 9.17) is 4.74 Å². The van der Waals surface area contributed by atoms with Gasteiger partial charge in [-0.05, 0) is 30.3 Å². The van der Waals surface area contributed by atoms with Crippen molar-refractivity contribution in [2.75, 3.05) is 12.4 Å². The van der Waals surface area contributed by atoms with Crippen molar-refractivity contribution in [3.05, 3.63) is 52.8 Å². The first-order valence-electron chi connectivity index (χ1n) is 7.43. The molecule has 0 aliphatic carbocycles. The van der Waals surface area contributed by atoms with Crippen LogP contribution in [0.1, 0.15) is 6.92 Å². The molecule has 1 aromatic heterocycles. The highest BCUT2D eigenvalue weighted by Gasteiger charge is 2.16. The van der Waals surface area contributed by atoms with E-state index in [2.05, 4.69) is 10.3 Å². The number of carbonyl (C=O) groups excluding carboxylic acids is 1. The second-order valence-corrected chi connectivity index (χ2v) is 5.41. The minimum atomic E-state index is -0.242. The minimum absolute atomic E-state index is 0.223. The molecule has 6 heteroatoms. The summed E-state index contributed by atoms with van der Waals surface area (Å²) < 4.78 is 6.79. The summed E-state index contributed by atoms with van der Waals surface area (Å²) in [7, 11) is 3.25. The second kappa shape index (κ2) is 6.16. The Morgan fingerprint density at radius 2 is 1.96 bits per heavy atom. The fourth-order valence-electron chi connectivity index (χ4n) is 2.60. The lowest BCUT2D eigenvalue weighted by molar-refractivity contribution is -0.114. The van der Waals surface area contributed by atoms with E-state index in [0.717, 1.165) is 5.52 Å². The van der Waals surface area contributed by atoms with Crippen LogP contribution in [0.15, 0.2) is 47.3 Å². The van der Waals surface area contributed by atoms with Gasteiger partial charge in [-0.15, -0.1) is 0 Å². The fourth-order valence-corrected chi connectivity index (χ4v) is 2.60. The summed E-state index contributed by atoms with van der Waals surface area (Å²) in [4.78, 5) is 28.7. The number of aromatic nitrogens is 2. The van der Waals surface area contributed by atoms with E-state index in [-0.39, 0.29) is 17.2 Å². The Morgan fingerprint density at radius 1 is 1.21 bits per heavy atom. The molecule has 6 nitrogen and oxygen atoms in total. The molecule has 0 saturated heterocycles. The molecular weight excluding hydrogens is 306 g/mol. The summed E-state index contributed by atoms with van der Waals surface area (Å²) in [5, 5.41) is 2.74. The van der Waals surface area contributed by atoms with Crippen LogP contribution in [0.4, 0.5) is 5.69 Å². The van der Waals surface area contributed by atoms with Gasteiger partial charge in [0.2, 0.25) is 5.91 Å². The largest absolute Gasteiger partial charge is 0.497 e. The van der Waals surface area contributed by atoms with Gasteiger partial charge in [-0.3, -0.25) is 9.59 Å². The first-order chi connectivity index (χ1) is 11.5. The third kappa shape index (κ3) is 2.74. The molecule has 0 spiro atoms. The summed E-state index contributed by atoms with van der Waals surface area (Å²) in [6.07, 6.45) is 0. The normalized spacial score (nSPS) is 10.6. The average Bonchev–Trinajstić information content (AvgIpc) is 2.58. The van der Waals surface area contributed by atoms with E-state index in [1.54, 1.807) is 36.9 Å². The Kier molecular flexibility index (Phi) is 4.04. The molecule has 0 atom stereocenters. The molecule has 2 aromatic carbocycles. The maximum atomic E-state index is 12.8. The highest BCUT2D eigenvalue weighted by Crippen LogP contribution is 2.29. The smallest absolute Gasteiger partial charge is 0.277 e. The zero-order valence-corrected chi connectivity index (χ0v) is 13.7. The Bertz CT molecular complexity index is 992. The first-order valence-corrected chi connectivity index (χ1v) is 7.43. The van der Waals surface area contributed by atoms with Gasteiger partial charge in [0.1, 0.15) is 11.4 Å². The number of hydrogen-bond acceptors (Lipinski definition) is 4. The quantitative estimate of drug-likeness (QED) is 0.804. The van der Waals surface area contributed by atoms with Crippen LogP contribution in [0.5, 0.6) is 5.75 Å². The third-order valence-corrected chi connectivity index (χ3v) is 3.78. The molecule has 1 amide bonds. The minimum Gasteiger partial charge on any atom is -0.497 e. The summed E-state index contributed by atoms with van der Waals surface area (Å²) in [5.74, 6) is 0.357. The van der Waals surface area contributed by atoms with Crippen molar-refractivity contribution in [2.45, 2.75) is 6.92 Å². The Hall–Kier alpha value is -3.15. The molecule has 1 heterocycles. The fraction of sp³-hybridized carbons (Fsp3) is 0.167. The first kappa shape index (κ1) is 15.7. The summed E-state index contributed by atoms with van der Waals surface area (Å²) in [5.41, 5.74) is 2.51. The number of para-hydroxylation sites is 2.